The summed E-state index contributed by atoms with van der Waals surface area (Å²) in [5.74, 6) is -1.04. The average Bonchev–Trinajstić information content (AvgIpc) is 3.25. The van der Waals surface area contributed by atoms with Crippen LogP contribution in [0.3, 0.4) is 0 Å². The summed E-state index contributed by atoms with van der Waals surface area (Å²) >= 11 is 0. The van der Waals surface area contributed by atoms with E-state index in [1.54, 1.807) is 57.2 Å². The second-order valence-electron chi connectivity index (χ2n) is 9.28. The number of sulfonamides is 1. The Labute approximate surface area is 211 Å². The van der Waals surface area contributed by atoms with Crippen molar-refractivity contribution in [1.82, 2.24) is 15.0 Å². The molecule has 0 aliphatic carbocycles. The largest absolute Gasteiger partial charge is 0.459 e. The molecule has 0 fully saturated rings. The lowest BCUT2D eigenvalue weighted by atomic mass is 10.1. The smallest absolute Gasteiger partial charge is 0.329 e. The van der Waals surface area contributed by atoms with Gasteiger partial charge in [0, 0.05) is 12.1 Å². The number of aryl methyl sites for hydroxylation is 1. The molecule has 0 radical (unpaired) electrons. The molecule has 0 spiro atoms. The van der Waals surface area contributed by atoms with E-state index in [1.165, 1.54) is 10.5 Å². The summed E-state index contributed by atoms with van der Waals surface area (Å²) in [7, 11) is -3.82. The summed E-state index contributed by atoms with van der Waals surface area (Å²) in [6.07, 6.45) is 1.24. The molecule has 0 saturated carbocycles. The third kappa shape index (κ3) is 7.62. The number of rotatable bonds is 8. The van der Waals surface area contributed by atoms with Crippen LogP contribution in [0, 0.1) is 6.92 Å². The van der Waals surface area contributed by atoms with Crippen LogP contribution >= 0.6 is 0 Å². The van der Waals surface area contributed by atoms with Gasteiger partial charge in [-0.3, -0.25) is 9.59 Å². The number of hydrogen-bond acceptors (Lipinski definition) is 6. The summed E-state index contributed by atoms with van der Waals surface area (Å²) in [6, 6.07) is 19.2. The molecule has 0 atom stereocenters. The molecular weight excluding hydrogens is 480 g/mol. The minimum Gasteiger partial charge on any atom is -0.459 e. The van der Waals surface area contributed by atoms with E-state index in [1.807, 2.05) is 37.3 Å². The van der Waals surface area contributed by atoms with E-state index in [-0.39, 0.29) is 23.7 Å². The van der Waals surface area contributed by atoms with Gasteiger partial charge < -0.3 is 9.73 Å². The van der Waals surface area contributed by atoms with Crippen LogP contribution in [0.5, 0.6) is 0 Å². The van der Waals surface area contributed by atoms with Gasteiger partial charge in [0.1, 0.15) is 11.5 Å². The van der Waals surface area contributed by atoms with Crippen molar-refractivity contribution in [1.29, 1.82) is 0 Å². The summed E-state index contributed by atoms with van der Waals surface area (Å²) in [5, 5.41) is 6.28. The van der Waals surface area contributed by atoms with Gasteiger partial charge >= 0.3 is 11.8 Å². The predicted octanol–water partition coefficient (Wildman–Crippen LogP) is 3.34. The van der Waals surface area contributed by atoms with Gasteiger partial charge in [-0.2, -0.15) is 9.41 Å². The molecule has 36 heavy (non-hydrogen) atoms. The number of carbonyl (C=O) groups is 2. The normalized spacial score (nSPS) is 12.1. The molecule has 2 aromatic carbocycles. The number of furan rings is 1. The zero-order valence-corrected chi connectivity index (χ0v) is 21.5. The lowest BCUT2D eigenvalue weighted by molar-refractivity contribution is -0.140. The second kappa shape index (κ2) is 11.3. The van der Waals surface area contributed by atoms with Crippen molar-refractivity contribution < 1.29 is 22.4 Å². The molecule has 0 aliphatic rings. The highest BCUT2D eigenvalue weighted by Gasteiger charge is 2.26. The van der Waals surface area contributed by atoms with Gasteiger partial charge in [-0.05, 0) is 57.5 Å². The molecule has 0 bridgehead atoms. The first-order chi connectivity index (χ1) is 16.9. The van der Waals surface area contributed by atoms with E-state index in [0.717, 1.165) is 11.1 Å². The molecule has 2 N–H and O–H groups in total. The summed E-state index contributed by atoms with van der Waals surface area (Å²) in [4.78, 5) is 23.9. The van der Waals surface area contributed by atoms with E-state index in [0.29, 0.717) is 5.76 Å². The summed E-state index contributed by atoms with van der Waals surface area (Å²) in [6.45, 7) is 7.30. The fourth-order valence-electron chi connectivity index (χ4n) is 3.20. The molecule has 3 rings (SSSR count). The molecule has 0 saturated heterocycles. The zero-order chi connectivity index (χ0) is 26.3. The van der Waals surface area contributed by atoms with Gasteiger partial charge in [-0.1, -0.05) is 48.0 Å². The average molecular weight is 511 g/mol. The molecule has 10 heteroatoms. The number of benzene rings is 2. The Hall–Kier alpha value is -3.76. The fraction of sp³-hybridized carbons (Fsp3) is 0.269. The minimum atomic E-state index is -3.82. The maximum absolute atomic E-state index is 13.4. The highest BCUT2D eigenvalue weighted by Crippen LogP contribution is 2.22. The van der Waals surface area contributed by atoms with Crippen LogP contribution in [0.2, 0.25) is 0 Å². The number of nitrogens with zero attached hydrogens (tertiary/aromatic N) is 2. The van der Waals surface area contributed by atoms with Gasteiger partial charge in [0.05, 0.1) is 17.7 Å². The fourth-order valence-corrected chi connectivity index (χ4v) is 4.59. The standard InChI is InChI=1S/C26H30N4O5S/c1-19-10-14-23(15-11-19)36(33,34)30(17-20-8-6-5-7-9-20)18-22-13-12-21(35-22)16-27-29-25(32)24(31)28-26(2,3)4/h5-16H,17-18H2,1-4H3,(H,28,31)(H,29,32)/b27-16+. The van der Waals surface area contributed by atoms with Gasteiger partial charge in [-0.25, -0.2) is 13.8 Å². The highest BCUT2D eigenvalue weighted by molar-refractivity contribution is 7.89. The van der Waals surface area contributed by atoms with Gasteiger partial charge in [0.2, 0.25) is 10.0 Å². The number of amides is 2. The Morgan fingerprint density at radius 1 is 0.944 bits per heavy atom. The van der Waals surface area contributed by atoms with Crippen LogP contribution in [0.4, 0.5) is 0 Å². The minimum absolute atomic E-state index is 0.0146. The maximum Gasteiger partial charge on any atom is 0.329 e. The van der Waals surface area contributed by atoms with Gasteiger partial charge in [-0.15, -0.1) is 0 Å². The van der Waals surface area contributed by atoms with Crippen molar-refractivity contribution in [3.05, 3.63) is 89.4 Å². The molecular formula is C26H30N4O5S. The first-order valence-corrected chi connectivity index (χ1v) is 12.7. The van der Waals surface area contributed by atoms with Crippen LogP contribution in [-0.4, -0.2) is 36.3 Å². The summed E-state index contributed by atoms with van der Waals surface area (Å²) < 4.78 is 33.9. The Morgan fingerprint density at radius 3 is 2.25 bits per heavy atom. The lowest BCUT2D eigenvalue weighted by Gasteiger charge is -2.21. The molecule has 1 heterocycles. The molecule has 190 valence electrons. The Bertz CT molecular complexity index is 1320. The van der Waals surface area contributed by atoms with Crippen molar-refractivity contribution in [3.8, 4) is 0 Å². The van der Waals surface area contributed by atoms with Gasteiger partial charge in [0.15, 0.2) is 0 Å². The Balaban J connectivity index is 1.74. The quantitative estimate of drug-likeness (QED) is 0.274. The number of hydrogen-bond donors (Lipinski definition) is 2. The second-order valence-corrected chi connectivity index (χ2v) is 11.2. The maximum atomic E-state index is 13.4. The van der Waals surface area contributed by atoms with Crippen LogP contribution in [0.25, 0.3) is 0 Å². The predicted molar refractivity (Wildman–Crippen MR) is 136 cm³/mol. The number of carbonyl (C=O) groups excluding carboxylic acids is 2. The molecule has 3 aromatic rings. The van der Waals surface area contributed by atoms with Crippen LogP contribution in [0.15, 0.2) is 81.1 Å². The molecule has 2 amide bonds. The van der Waals surface area contributed by atoms with Crippen molar-refractivity contribution in [2.45, 2.75) is 51.2 Å². The monoisotopic (exact) mass is 510 g/mol. The van der Waals surface area contributed by atoms with Crippen molar-refractivity contribution in [2.75, 3.05) is 0 Å². The van der Waals surface area contributed by atoms with Crippen molar-refractivity contribution >= 4 is 28.1 Å². The first kappa shape index (κ1) is 26.8. The van der Waals surface area contributed by atoms with E-state index in [4.69, 9.17) is 4.42 Å². The van der Waals surface area contributed by atoms with Crippen LogP contribution in [0.1, 0.15) is 43.4 Å². The lowest BCUT2D eigenvalue weighted by Crippen LogP contribution is -2.47. The highest BCUT2D eigenvalue weighted by atomic mass is 32.2. The number of hydrazone groups is 1. The van der Waals surface area contributed by atoms with Gasteiger partial charge in [0.25, 0.3) is 0 Å². The van der Waals surface area contributed by atoms with Crippen LogP contribution in [-0.2, 0) is 32.7 Å². The van der Waals surface area contributed by atoms with E-state index >= 15 is 0 Å². The third-order valence-electron chi connectivity index (χ3n) is 4.93. The first-order valence-electron chi connectivity index (χ1n) is 11.3. The van der Waals surface area contributed by atoms with Crippen LogP contribution < -0.4 is 10.7 Å². The topological polar surface area (TPSA) is 121 Å². The van der Waals surface area contributed by atoms with E-state index in [2.05, 4.69) is 15.8 Å². The molecule has 1 aromatic heterocycles. The molecule has 0 unspecified atom stereocenters. The third-order valence-corrected chi connectivity index (χ3v) is 6.73. The zero-order valence-electron chi connectivity index (χ0n) is 20.7. The molecule has 9 nitrogen and oxygen atoms in total. The van der Waals surface area contributed by atoms with E-state index in [9.17, 15) is 18.0 Å². The number of nitrogens with one attached hydrogen (secondary N) is 2. The summed E-state index contributed by atoms with van der Waals surface area (Å²) in [5.41, 5.74) is 3.37. The Morgan fingerprint density at radius 2 is 1.61 bits per heavy atom. The van der Waals surface area contributed by atoms with E-state index < -0.39 is 27.4 Å². The Kier molecular flexibility index (Phi) is 8.44. The van der Waals surface area contributed by atoms with Crippen molar-refractivity contribution in [3.63, 3.8) is 0 Å². The van der Waals surface area contributed by atoms with Crippen molar-refractivity contribution in [2.24, 2.45) is 5.10 Å². The molecule has 0 aliphatic heterocycles. The SMILES string of the molecule is Cc1ccc(S(=O)(=O)N(Cc2ccccc2)Cc2ccc(/C=N/NC(=O)C(=O)NC(C)(C)C)o2)cc1.